The first-order valence-corrected chi connectivity index (χ1v) is 6.41. The van der Waals surface area contributed by atoms with Crippen LogP contribution < -0.4 is 10.5 Å². The standard InChI is InChI=1S/C14H20N2O3/c1-18-9-8-16(10-6-7-10)14(17)11-4-3-5-12(15)13(11)19-2/h3-5,10H,6-9,15H2,1-2H3. The first-order chi connectivity index (χ1) is 9.19. The van der Waals surface area contributed by atoms with Crippen LogP contribution in [0.15, 0.2) is 18.2 Å². The summed E-state index contributed by atoms with van der Waals surface area (Å²) >= 11 is 0. The molecule has 2 rings (SSSR count). The van der Waals surface area contributed by atoms with Crippen molar-refractivity contribution in [1.29, 1.82) is 0 Å². The lowest BCUT2D eigenvalue weighted by atomic mass is 10.1. The molecule has 0 bridgehead atoms. The van der Waals surface area contributed by atoms with Crippen molar-refractivity contribution < 1.29 is 14.3 Å². The fourth-order valence-electron chi connectivity index (χ4n) is 2.13. The van der Waals surface area contributed by atoms with Gasteiger partial charge in [-0.2, -0.15) is 0 Å². The molecule has 1 saturated carbocycles. The van der Waals surface area contributed by atoms with Crippen LogP contribution in [-0.2, 0) is 4.74 Å². The van der Waals surface area contributed by atoms with Crippen LogP contribution in [0, 0.1) is 0 Å². The van der Waals surface area contributed by atoms with Gasteiger partial charge in [0.2, 0.25) is 0 Å². The summed E-state index contributed by atoms with van der Waals surface area (Å²) in [4.78, 5) is 14.4. The molecule has 0 spiro atoms. The van der Waals surface area contributed by atoms with Crippen LogP contribution in [-0.4, -0.2) is 44.2 Å². The summed E-state index contributed by atoms with van der Waals surface area (Å²) in [5.41, 5.74) is 6.84. The molecule has 104 valence electrons. The largest absolute Gasteiger partial charge is 0.494 e. The van der Waals surface area contributed by atoms with E-state index in [1.165, 1.54) is 7.11 Å². The van der Waals surface area contributed by atoms with Crippen molar-refractivity contribution in [2.24, 2.45) is 0 Å². The number of nitrogens with two attached hydrogens (primary N) is 1. The molecule has 1 aliphatic rings. The van der Waals surface area contributed by atoms with Crippen molar-refractivity contribution >= 4 is 11.6 Å². The van der Waals surface area contributed by atoms with Crippen LogP contribution >= 0.6 is 0 Å². The van der Waals surface area contributed by atoms with Gasteiger partial charge in [-0.25, -0.2) is 0 Å². The number of para-hydroxylation sites is 1. The minimum absolute atomic E-state index is 0.0382. The topological polar surface area (TPSA) is 64.8 Å². The Kier molecular flexibility index (Phi) is 4.27. The van der Waals surface area contributed by atoms with E-state index in [1.807, 2.05) is 4.90 Å². The summed E-state index contributed by atoms with van der Waals surface area (Å²) in [6.07, 6.45) is 2.11. The van der Waals surface area contributed by atoms with E-state index in [4.69, 9.17) is 15.2 Å². The number of carbonyl (C=O) groups excluding carboxylic acids is 1. The molecule has 1 aromatic rings. The number of carbonyl (C=O) groups is 1. The monoisotopic (exact) mass is 264 g/mol. The molecule has 0 unspecified atom stereocenters. The second-order valence-electron chi connectivity index (χ2n) is 4.65. The zero-order valence-electron chi connectivity index (χ0n) is 11.4. The minimum atomic E-state index is -0.0382. The molecule has 1 amide bonds. The van der Waals surface area contributed by atoms with Crippen LogP contribution in [0.3, 0.4) is 0 Å². The molecule has 0 radical (unpaired) electrons. The predicted octanol–water partition coefficient (Wildman–Crippen LogP) is 1.53. The van der Waals surface area contributed by atoms with Gasteiger partial charge in [0.25, 0.3) is 5.91 Å². The van der Waals surface area contributed by atoms with Crippen molar-refractivity contribution in [1.82, 2.24) is 4.90 Å². The average molecular weight is 264 g/mol. The fourth-order valence-corrected chi connectivity index (χ4v) is 2.13. The Bertz CT molecular complexity index is 458. The van der Waals surface area contributed by atoms with Gasteiger partial charge in [0.05, 0.1) is 25.0 Å². The summed E-state index contributed by atoms with van der Waals surface area (Å²) in [7, 11) is 3.16. The van der Waals surface area contributed by atoms with E-state index in [1.54, 1.807) is 25.3 Å². The molecule has 2 N–H and O–H groups in total. The molecule has 0 aromatic heterocycles. The maximum atomic E-state index is 12.6. The third-order valence-corrected chi connectivity index (χ3v) is 3.26. The number of hydrogen-bond acceptors (Lipinski definition) is 4. The predicted molar refractivity (Wildman–Crippen MR) is 73.3 cm³/mol. The fraction of sp³-hybridized carbons (Fsp3) is 0.500. The lowest BCUT2D eigenvalue weighted by Crippen LogP contribution is -2.36. The van der Waals surface area contributed by atoms with Crippen molar-refractivity contribution in [2.45, 2.75) is 18.9 Å². The minimum Gasteiger partial charge on any atom is -0.494 e. The molecule has 19 heavy (non-hydrogen) atoms. The smallest absolute Gasteiger partial charge is 0.258 e. The second-order valence-corrected chi connectivity index (χ2v) is 4.65. The molecular weight excluding hydrogens is 244 g/mol. The number of methoxy groups -OCH3 is 2. The lowest BCUT2D eigenvalue weighted by Gasteiger charge is -2.23. The molecule has 5 nitrogen and oxygen atoms in total. The van der Waals surface area contributed by atoms with Crippen LogP contribution in [0.4, 0.5) is 5.69 Å². The number of anilines is 1. The Hall–Kier alpha value is -1.75. The maximum absolute atomic E-state index is 12.6. The van der Waals surface area contributed by atoms with E-state index in [0.717, 1.165) is 12.8 Å². The number of benzene rings is 1. The molecule has 0 aliphatic heterocycles. The van der Waals surface area contributed by atoms with Crippen molar-refractivity contribution in [3.63, 3.8) is 0 Å². The van der Waals surface area contributed by atoms with E-state index >= 15 is 0 Å². The third kappa shape index (κ3) is 2.98. The highest BCUT2D eigenvalue weighted by Gasteiger charge is 2.33. The highest BCUT2D eigenvalue weighted by molar-refractivity contribution is 5.99. The molecule has 0 saturated heterocycles. The Morgan fingerprint density at radius 3 is 2.74 bits per heavy atom. The van der Waals surface area contributed by atoms with Gasteiger partial charge in [-0.15, -0.1) is 0 Å². The highest BCUT2D eigenvalue weighted by Crippen LogP contribution is 2.32. The van der Waals surface area contributed by atoms with Gasteiger partial charge in [-0.1, -0.05) is 6.07 Å². The number of ether oxygens (including phenoxy) is 2. The van der Waals surface area contributed by atoms with Gasteiger partial charge in [-0.3, -0.25) is 4.79 Å². The van der Waals surface area contributed by atoms with Crippen LogP contribution in [0.5, 0.6) is 5.75 Å². The van der Waals surface area contributed by atoms with Crippen LogP contribution in [0.1, 0.15) is 23.2 Å². The highest BCUT2D eigenvalue weighted by atomic mass is 16.5. The molecular formula is C14H20N2O3. The Morgan fingerprint density at radius 2 is 2.16 bits per heavy atom. The molecule has 0 heterocycles. The number of amides is 1. The zero-order chi connectivity index (χ0) is 13.8. The quantitative estimate of drug-likeness (QED) is 0.791. The third-order valence-electron chi connectivity index (χ3n) is 3.26. The first kappa shape index (κ1) is 13.7. The first-order valence-electron chi connectivity index (χ1n) is 6.41. The summed E-state index contributed by atoms with van der Waals surface area (Å²) in [5.74, 6) is 0.416. The summed E-state index contributed by atoms with van der Waals surface area (Å²) < 4.78 is 10.3. The van der Waals surface area contributed by atoms with Crippen molar-refractivity contribution in [3.05, 3.63) is 23.8 Å². The van der Waals surface area contributed by atoms with E-state index < -0.39 is 0 Å². The lowest BCUT2D eigenvalue weighted by molar-refractivity contribution is 0.0677. The second kappa shape index (κ2) is 5.93. The number of hydrogen-bond donors (Lipinski definition) is 1. The van der Waals surface area contributed by atoms with E-state index in [9.17, 15) is 4.79 Å². The SMILES string of the molecule is COCCN(C(=O)c1cccc(N)c1OC)C1CC1. The van der Waals surface area contributed by atoms with Gasteiger partial charge in [-0.05, 0) is 25.0 Å². The van der Waals surface area contributed by atoms with E-state index in [-0.39, 0.29) is 5.91 Å². The molecule has 1 aromatic carbocycles. The van der Waals surface area contributed by atoms with E-state index in [2.05, 4.69) is 0 Å². The summed E-state index contributed by atoms with van der Waals surface area (Å²) in [6.45, 7) is 1.13. The Balaban J connectivity index is 2.23. The maximum Gasteiger partial charge on any atom is 0.258 e. The van der Waals surface area contributed by atoms with Gasteiger partial charge in [0.15, 0.2) is 5.75 Å². The Morgan fingerprint density at radius 1 is 1.42 bits per heavy atom. The zero-order valence-corrected chi connectivity index (χ0v) is 11.4. The molecule has 5 heteroatoms. The average Bonchev–Trinajstić information content (AvgIpc) is 3.23. The van der Waals surface area contributed by atoms with Gasteiger partial charge in [0, 0.05) is 19.7 Å². The van der Waals surface area contributed by atoms with Gasteiger partial charge in [0.1, 0.15) is 0 Å². The number of nitrogens with zero attached hydrogens (tertiary/aromatic N) is 1. The van der Waals surface area contributed by atoms with Crippen molar-refractivity contribution in [2.75, 3.05) is 33.1 Å². The van der Waals surface area contributed by atoms with Crippen molar-refractivity contribution in [3.8, 4) is 5.75 Å². The molecule has 0 atom stereocenters. The van der Waals surface area contributed by atoms with Gasteiger partial charge >= 0.3 is 0 Å². The summed E-state index contributed by atoms with van der Waals surface area (Å²) in [6, 6.07) is 5.58. The number of nitrogen functional groups attached to an aromatic ring is 1. The Labute approximate surface area is 113 Å². The molecule has 1 fully saturated rings. The van der Waals surface area contributed by atoms with E-state index in [0.29, 0.717) is 36.2 Å². The summed E-state index contributed by atoms with van der Waals surface area (Å²) in [5, 5.41) is 0. The van der Waals surface area contributed by atoms with Crippen LogP contribution in [0.25, 0.3) is 0 Å². The normalized spacial score (nSPS) is 14.2. The molecule has 1 aliphatic carbocycles. The number of rotatable bonds is 6. The van der Waals surface area contributed by atoms with Crippen LogP contribution in [0.2, 0.25) is 0 Å². The van der Waals surface area contributed by atoms with Gasteiger partial charge < -0.3 is 20.1 Å².